The van der Waals surface area contributed by atoms with Crippen molar-refractivity contribution in [3.05, 3.63) is 135 Å². The predicted octanol–water partition coefficient (Wildman–Crippen LogP) is 7.94. The average molecular weight is 731 g/mol. The molecule has 2 aliphatic heterocycles. The van der Waals surface area contributed by atoms with Crippen LogP contribution in [-0.2, 0) is 55.5 Å². The monoisotopic (exact) mass is 730 g/mol. The lowest BCUT2D eigenvalue weighted by atomic mass is 9.85. The lowest BCUT2D eigenvalue weighted by molar-refractivity contribution is -0.175. The van der Waals surface area contributed by atoms with Gasteiger partial charge in [0.25, 0.3) is 5.56 Å². The summed E-state index contributed by atoms with van der Waals surface area (Å²) in [7, 11) is -1.74. The summed E-state index contributed by atoms with van der Waals surface area (Å²) in [4.78, 5) is 58.3. The van der Waals surface area contributed by atoms with Crippen molar-refractivity contribution in [2.75, 3.05) is 6.61 Å². The molecule has 10 nitrogen and oxygen atoms in total. The Morgan fingerprint density at radius 1 is 0.906 bits per heavy atom. The summed E-state index contributed by atoms with van der Waals surface area (Å²) in [5.74, 6) is -1.05. The lowest BCUT2D eigenvalue weighted by Gasteiger charge is -2.35. The van der Waals surface area contributed by atoms with Crippen molar-refractivity contribution in [1.29, 1.82) is 0 Å². The third-order valence-electron chi connectivity index (χ3n) is 10.4. The SMILES string of the molecule is CC[C@@]1(OC(=O)OCc2ccccc2)C(=O)OCc2c1cc1n(c2=O)Cc2c-1nc1ccccc1c2CC[Si](C)(C)CCCOC(=O)c1ccccc1. The Balaban J connectivity index is 1.15. The number of hydrogen-bond donors (Lipinski definition) is 0. The maximum atomic E-state index is 14.2. The highest BCUT2D eigenvalue weighted by atomic mass is 28.3. The molecule has 0 saturated carbocycles. The van der Waals surface area contributed by atoms with E-state index in [0.29, 0.717) is 35.7 Å². The van der Waals surface area contributed by atoms with E-state index in [-0.39, 0.29) is 36.7 Å². The minimum atomic E-state index is -1.86. The Morgan fingerprint density at radius 3 is 2.38 bits per heavy atom. The van der Waals surface area contributed by atoms with Gasteiger partial charge in [-0.3, -0.25) is 4.79 Å². The molecule has 0 saturated heterocycles. The van der Waals surface area contributed by atoms with E-state index >= 15 is 0 Å². The third kappa shape index (κ3) is 7.13. The summed E-state index contributed by atoms with van der Waals surface area (Å²) in [6.07, 6.45) is 0.597. The first-order valence-corrected chi connectivity index (χ1v) is 21.5. The van der Waals surface area contributed by atoms with E-state index in [1.165, 1.54) is 0 Å². The molecular formula is C42H42N2O8Si. The van der Waals surface area contributed by atoms with Gasteiger partial charge in [-0.25, -0.2) is 19.4 Å². The largest absolute Gasteiger partial charge is 0.510 e. The molecule has 2 aliphatic rings. The summed E-state index contributed by atoms with van der Waals surface area (Å²) < 4.78 is 24.0. The minimum Gasteiger partial charge on any atom is -0.462 e. The highest BCUT2D eigenvalue weighted by molar-refractivity contribution is 6.77. The molecule has 0 N–H and O–H groups in total. The van der Waals surface area contributed by atoms with Gasteiger partial charge in [-0.1, -0.05) is 98.8 Å². The zero-order valence-corrected chi connectivity index (χ0v) is 31.2. The molecule has 0 spiro atoms. The highest BCUT2D eigenvalue weighted by Crippen LogP contribution is 2.42. The number of carbonyl (C=O) groups is 3. The van der Waals surface area contributed by atoms with Crippen LogP contribution in [0.4, 0.5) is 4.79 Å². The van der Waals surface area contributed by atoms with Gasteiger partial charge in [-0.15, -0.1) is 0 Å². The van der Waals surface area contributed by atoms with E-state index in [1.807, 2.05) is 66.7 Å². The van der Waals surface area contributed by atoms with Crippen LogP contribution >= 0.6 is 0 Å². The summed E-state index contributed by atoms with van der Waals surface area (Å²) in [5, 5.41) is 1.05. The van der Waals surface area contributed by atoms with Gasteiger partial charge in [-0.05, 0) is 54.7 Å². The van der Waals surface area contributed by atoms with Gasteiger partial charge in [0.05, 0.1) is 41.2 Å². The van der Waals surface area contributed by atoms with Crippen LogP contribution in [0.1, 0.15) is 57.9 Å². The van der Waals surface area contributed by atoms with E-state index in [0.717, 1.165) is 52.5 Å². The van der Waals surface area contributed by atoms with Gasteiger partial charge in [0, 0.05) is 24.6 Å². The molecule has 53 heavy (non-hydrogen) atoms. The third-order valence-corrected chi connectivity index (χ3v) is 13.7. The summed E-state index contributed by atoms with van der Waals surface area (Å²) in [6, 6.07) is 29.9. The first-order valence-electron chi connectivity index (χ1n) is 18.1. The van der Waals surface area contributed by atoms with Gasteiger partial charge in [0.1, 0.15) is 13.2 Å². The van der Waals surface area contributed by atoms with Crippen LogP contribution in [0.15, 0.2) is 95.8 Å². The number of benzene rings is 3. The molecular weight excluding hydrogens is 689 g/mol. The molecule has 1 atom stereocenters. The van der Waals surface area contributed by atoms with Crippen molar-refractivity contribution < 1.29 is 33.3 Å². The van der Waals surface area contributed by atoms with E-state index in [2.05, 4.69) is 19.2 Å². The zero-order chi connectivity index (χ0) is 37.2. The van der Waals surface area contributed by atoms with Crippen LogP contribution < -0.4 is 5.56 Å². The number of hydrogen-bond acceptors (Lipinski definition) is 9. The number of ether oxygens (including phenoxy) is 4. The van der Waals surface area contributed by atoms with Crippen molar-refractivity contribution in [3.8, 4) is 11.4 Å². The Hall–Kier alpha value is -5.55. The molecule has 4 heterocycles. The number of esters is 2. The fourth-order valence-electron chi connectivity index (χ4n) is 7.41. The number of para-hydroxylation sites is 1. The first-order chi connectivity index (χ1) is 25.6. The average Bonchev–Trinajstić information content (AvgIpc) is 3.54. The van der Waals surface area contributed by atoms with Gasteiger partial charge in [0.2, 0.25) is 5.60 Å². The lowest BCUT2D eigenvalue weighted by Crippen LogP contribution is -2.47. The molecule has 7 rings (SSSR count). The summed E-state index contributed by atoms with van der Waals surface area (Å²) in [6.45, 7) is 6.86. The molecule has 0 bridgehead atoms. The second-order valence-electron chi connectivity index (χ2n) is 14.4. The normalized spacial score (nSPS) is 15.9. The molecule has 3 aromatic carbocycles. The van der Waals surface area contributed by atoms with Crippen LogP contribution in [0.3, 0.4) is 0 Å². The number of nitrogens with zero attached hydrogens (tertiary/aromatic N) is 2. The number of aryl methyl sites for hydroxylation is 1. The standard InChI is InChI=1S/C42H42N2O8Si/c1-4-42(52-41(48)51-26-28-14-7-5-8-15-28)34-24-36-37-32(25-44(36)38(45)33(34)27-50-40(42)47)30(31-18-11-12-19-35(31)43-37)20-23-53(2,3)22-13-21-49-39(46)29-16-9-6-10-17-29/h5-12,14-19,24H,4,13,20-23,25-27H2,1-3H3/t42-/m0/s1. The van der Waals surface area contributed by atoms with Gasteiger partial charge in [-0.2, -0.15) is 0 Å². The Bertz CT molecular complexity index is 2250. The molecule has 0 unspecified atom stereocenters. The Morgan fingerprint density at radius 2 is 1.62 bits per heavy atom. The van der Waals surface area contributed by atoms with Crippen LogP contribution in [0.25, 0.3) is 22.3 Å². The van der Waals surface area contributed by atoms with Crippen LogP contribution in [0.5, 0.6) is 0 Å². The Labute approximate surface area is 308 Å². The van der Waals surface area contributed by atoms with Crippen LogP contribution in [-0.4, -0.2) is 42.3 Å². The number of fused-ring (bicyclic) bond motifs is 5. The van der Waals surface area contributed by atoms with Crippen molar-refractivity contribution in [2.45, 2.75) is 76.7 Å². The molecule has 0 aliphatic carbocycles. The van der Waals surface area contributed by atoms with Gasteiger partial charge in [0.15, 0.2) is 0 Å². The smallest absolute Gasteiger partial charge is 0.462 e. The van der Waals surface area contributed by atoms with E-state index < -0.39 is 25.8 Å². The van der Waals surface area contributed by atoms with E-state index in [9.17, 15) is 19.2 Å². The van der Waals surface area contributed by atoms with Crippen molar-refractivity contribution in [1.82, 2.24) is 9.55 Å². The number of cyclic esters (lactones) is 1. The van der Waals surface area contributed by atoms with Crippen molar-refractivity contribution in [2.24, 2.45) is 0 Å². The second kappa shape index (κ2) is 14.8. The predicted molar refractivity (Wildman–Crippen MR) is 202 cm³/mol. The Kier molecular flexibility index (Phi) is 10.0. The van der Waals surface area contributed by atoms with Crippen LogP contribution in [0.2, 0.25) is 25.2 Å². The van der Waals surface area contributed by atoms with Crippen LogP contribution in [0, 0.1) is 0 Å². The molecule has 0 amide bonds. The van der Waals surface area contributed by atoms with Crippen molar-refractivity contribution in [3.63, 3.8) is 0 Å². The molecule has 2 aromatic heterocycles. The summed E-state index contributed by atoms with van der Waals surface area (Å²) >= 11 is 0. The summed E-state index contributed by atoms with van der Waals surface area (Å²) in [5.41, 5.74) is 3.91. The van der Waals surface area contributed by atoms with E-state index in [4.69, 9.17) is 23.9 Å². The van der Waals surface area contributed by atoms with Gasteiger partial charge >= 0.3 is 18.1 Å². The number of carbonyl (C=O) groups excluding carboxylic acids is 3. The number of pyridine rings is 2. The first kappa shape index (κ1) is 35.8. The second-order valence-corrected chi connectivity index (χ2v) is 19.7. The molecule has 0 radical (unpaired) electrons. The number of aromatic nitrogens is 2. The number of rotatable bonds is 12. The molecule has 0 fully saturated rings. The zero-order valence-electron chi connectivity index (χ0n) is 30.2. The van der Waals surface area contributed by atoms with Gasteiger partial charge < -0.3 is 23.5 Å². The maximum absolute atomic E-state index is 14.2. The maximum Gasteiger partial charge on any atom is 0.510 e. The topological polar surface area (TPSA) is 123 Å². The molecule has 272 valence electrons. The fourth-order valence-corrected chi connectivity index (χ4v) is 9.68. The molecule has 11 heteroatoms. The quantitative estimate of drug-likeness (QED) is 0.0535. The van der Waals surface area contributed by atoms with Crippen molar-refractivity contribution >= 4 is 37.1 Å². The highest BCUT2D eigenvalue weighted by Gasteiger charge is 2.51. The molecule has 5 aromatic rings. The minimum absolute atomic E-state index is 0.0383. The fraction of sp³-hybridized carbons (Fsp3) is 0.310. The van der Waals surface area contributed by atoms with E-state index in [1.54, 1.807) is 29.7 Å².